The van der Waals surface area contributed by atoms with Gasteiger partial charge in [-0.2, -0.15) is 0 Å². The fourth-order valence-electron chi connectivity index (χ4n) is 6.11. The average molecular weight is 666 g/mol. The molecule has 0 fully saturated rings. The van der Waals surface area contributed by atoms with Gasteiger partial charge >= 0.3 is 0 Å². The maximum absolute atomic E-state index is 7.08. The molecule has 3 nitrogen and oxygen atoms in total. The van der Waals surface area contributed by atoms with E-state index in [1.807, 2.05) is 13.8 Å². The minimum Gasteiger partial charge on any atom is -0.275 e. The predicted molar refractivity (Wildman–Crippen MR) is 226 cm³/mol. The van der Waals surface area contributed by atoms with Crippen molar-refractivity contribution in [3.63, 3.8) is 0 Å². The first kappa shape index (κ1) is 37.1. The Bertz CT molecular complexity index is 1770. The van der Waals surface area contributed by atoms with Crippen molar-refractivity contribution in [2.75, 3.05) is 0 Å². The molecule has 44 heavy (non-hydrogen) atoms. The van der Waals surface area contributed by atoms with Crippen LogP contribution in [-0.4, -0.2) is 87.3 Å². The number of rotatable bonds is 8. The molecule has 0 amide bonds. The second-order valence-electron chi connectivity index (χ2n) is 11.4. The minimum absolute atomic E-state index is 0.442. The van der Waals surface area contributed by atoms with Crippen LogP contribution in [0, 0.1) is 48.5 Å². The lowest BCUT2D eigenvalue weighted by atomic mass is 8.85. The Morgan fingerprint density at radius 3 is 1.82 bits per heavy atom. The highest BCUT2D eigenvalue weighted by Gasteiger charge is 2.33. The van der Waals surface area contributed by atoms with E-state index in [4.69, 9.17) is 56.5 Å². The van der Waals surface area contributed by atoms with Gasteiger partial charge in [0.25, 0.3) is 0 Å². The van der Waals surface area contributed by atoms with E-state index in [9.17, 15) is 0 Å². The summed E-state index contributed by atoms with van der Waals surface area (Å²) in [5, 5.41) is 1.15. The molecule has 2 aromatic carbocycles. The number of fused-ring (bicyclic) bond motifs is 1. The van der Waals surface area contributed by atoms with E-state index >= 15 is 0 Å². The van der Waals surface area contributed by atoms with E-state index in [1.165, 1.54) is 23.8 Å². The number of hydrogen-bond acceptors (Lipinski definition) is 2. The highest BCUT2D eigenvalue weighted by molar-refractivity contribution is 8.46. The van der Waals surface area contributed by atoms with Crippen LogP contribution >= 0.6 is 51.6 Å². The Morgan fingerprint density at radius 2 is 1.34 bits per heavy atom. The standard InChI is InChI=1S/C25H30B10N3P6/c1-8-9(2)11(4)15(12(5)10(8)3)21-20(36-25-37-23(39)22(43-40)24(38(21)25)44(41)42)16-17(26)13(6)14(7)18(33(28)32-27)19(16)34(29)35(30)31/h43H,39-42H2,1-7H3. The molecule has 5 atom stereocenters. The van der Waals surface area contributed by atoms with Crippen molar-refractivity contribution in [1.29, 1.82) is 0 Å². The van der Waals surface area contributed by atoms with Crippen LogP contribution < -0.4 is 32.6 Å². The summed E-state index contributed by atoms with van der Waals surface area (Å²) in [6.07, 6.45) is -0.893. The zero-order valence-electron chi connectivity index (χ0n) is 26.4. The molecular formula is C25H30B10N3P6. The molecule has 5 unspecified atom stereocenters. The second kappa shape index (κ2) is 14.4. The zero-order valence-corrected chi connectivity index (χ0v) is 32.9. The van der Waals surface area contributed by atoms with E-state index in [2.05, 4.69) is 75.0 Å². The van der Waals surface area contributed by atoms with Gasteiger partial charge in [0, 0.05) is 63.0 Å². The highest BCUT2D eigenvalue weighted by atomic mass is 32.4. The fraction of sp³-hybridized carbons (Fsp3) is 0.280. The van der Waals surface area contributed by atoms with Crippen LogP contribution in [-0.2, 0) is 0 Å². The monoisotopic (exact) mass is 668 g/mol. The van der Waals surface area contributed by atoms with Gasteiger partial charge in [-0.3, -0.25) is 4.40 Å². The Kier molecular flexibility index (Phi) is 12.2. The molecule has 0 bridgehead atoms. The normalized spacial score (nSPS) is 11.7. The van der Waals surface area contributed by atoms with Crippen LogP contribution in [0.3, 0.4) is 0 Å². The van der Waals surface area contributed by atoms with E-state index < -0.39 is 26.7 Å². The molecule has 0 aliphatic heterocycles. The summed E-state index contributed by atoms with van der Waals surface area (Å²) < 4.78 is 2.21. The minimum atomic E-state index is -0.893. The summed E-state index contributed by atoms with van der Waals surface area (Å²) in [5.74, 6) is 0.569. The first-order valence-electron chi connectivity index (χ1n) is 14.1. The predicted octanol–water partition coefficient (Wildman–Crippen LogP) is 0.220. The average Bonchev–Trinajstić information content (AvgIpc) is 3.33. The maximum Gasteiger partial charge on any atom is 0.236 e. The molecule has 0 saturated carbocycles. The molecule has 4 aromatic rings. The molecular weight excluding hydrogens is 636 g/mol. The molecule has 4 rings (SSSR count). The van der Waals surface area contributed by atoms with E-state index in [0.717, 1.165) is 55.1 Å². The van der Waals surface area contributed by atoms with Crippen LogP contribution in [0.1, 0.15) is 38.9 Å². The Hall–Kier alpha value is 0.289. The Morgan fingerprint density at radius 1 is 0.795 bits per heavy atom. The van der Waals surface area contributed by atoms with E-state index in [0.29, 0.717) is 36.2 Å². The Balaban J connectivity index is 2.44. The molecule has 2 heterocycles. The third-order valence-electron chi connectivity index (χ3n) is 9.12. The van der Waals surface area contributed by atoms with Gasteiger partial charge in [-0.1, -0.05) is 39.6 Å². The van der Waals surface area contributed by atoms with Crippen molar-refractivity contribution in [3.8, 4) is 22.5 Å². The lowest BCUT2D eigenvalue weighted by Gasteiger charge is -2.31. The summed E-state index contributed by atoms with van der Waals surface area (Å²) in [6.45, 7) is 13.4. The molecule has 0 saturated heterocycles. The molecule has 0 N–H and O–H groups in total. The van der Waals surface area contributed by atoms with Gasteiger partial charge in [0.15, 0.2) is 0 Å². The molecule has 205 valence electrons. The quantitative estimate of drug-likeness (QED) is 0.199. The van der Waals surface area contributed by atoms with Crippen molar-refractivity contribution in [1.82, 2.24) is 14.4 Å². The van der Waals surface area contributed by atoms with Crippen molar-refractivity contribution < 1.29 is 0 Å². The second-order valence-corrected chi connectivity index (χ2v) is 19.9. The van der Waals surface area contributed by atoms with Crippen LogP contribution in [0.4, 0.5) is 0 Å². The number of hydrogen-bond donors (Lipinski definition) is 0. The molecule has 2 aromatic heterocycles. The van der Waals surface area contributed by atoms with Gasteiger partial charge in [0.05, 0.1) is 35.2 Å². The number of aromatic nitrogens is 3. The van der Waals surface area contributed by atoms with Crippen LogP contribution in [0.2, 0.25) is 0 Å². The zero-order chi connectivity index (χ0) is 33.1. The highest BCUT2D eigenvalue weighted by Crippen LogP contribution is 2.52. The van der Waals surface area contributed by atoms with E-state index in [1.54, 1.807) is 0 Å². The summed E-state index contributed by atoms with van der Waals surface area (Å²) >= 11 is 0. The smallest absolute Gasteiger partial charge is 0.236 e. The third kappa shape index (κ3) is 6.15. The molecule has 0 aliphatic carbocycles. The van der Waals surface area contributed by atoms with Gasteiger partial charge in [0.1, 0.15) is 7.85 Å². The molecule has 19 heteroatoms. The molecule has 13 radical (unpaired) electrons. The maximum atomic E-state index is 7.08. The number of benzene rings is 2. The number of imidazole rings is 1. The fourth-order valence-corrected chi connectivity index (χ4v) is 12.5. The topological polar surface area (TPSA) is 30.2 Å². The van der Waals surface area contributed by atoms with Crippen LogP contribution in [0.15, 0.2) is 0 Å². The first-order chi connectivity index (χ1) is 20.5. The summed E-state index contributed by atoms with van der Waals surface area (Å²) in [6, 6.07) is 0. The Labute approximate surface area is 285 Å². The van der Waals surface area contributed by atoms with Crippen LogP contribution in [0.25, 0.3) is 28.3 Å². The van der Waals surface area contributed by atoms with Crippen molar-refractivity contribution >= 4 is 163 Å². The summed E-state index contributed by atoms with van der Waals surface area (Å²) in [4.78, 5) is 10.3. The lowest BCUT2D eigenvalue weighted by Crippen LogP contribution is -2.61. The molecule has 0 aliphatic rings. The SMILES string of the molecule is [B][B]B([B])c1c(C)c(C)c([B])c(-c2nc3nc(P)c(PP)c(P(P)P)n3c2-c2c(C)c(C)c(C)c(C)c2C)c1B([B])B([B])[B]. The summed E-state index contributed by atoms with van der Waals surface area (Å²) in [7, 11) is 52.0. The number of nitrogens with zero attached hydrogens (tertiary/aromatic N) is 3. The summed E-state index contributed by atoms with van der Waals surface area (Å²) in [5.41, 5.74) is 15.1. The van der Waals surface area contributed by atoms with Gasteiger partial charge in [-0.15, -0.1) is 32.2 Å². The van der Waals surface area contributed by atoms with E-state index in [-0.39, 0.29) is 0 Å². The van der Waals surface area contributed by atoms with Gasteiger partial charge < -0.3 is 0 Å². The lowest BCUT2D eigenvalue weighted by molar-refractivity contribution is 1.14. The third-order valence-corrected chi connectivity index (χ3v) is 14.1. The van der Waals surface area contributed by atoms with Crippen LogP contribution in [0.5, 0.6) is 0 Å². The van der Waals surface area contributed by atoms with Crippen molar-refractivity contribution in [3.05, 3.63) is 38.9 Å². The molecule has 0 spiro atoms. The van der Waals surface area contributed by atoms with Gasteiger partial charge in [-0.05, 0) is 89.1 Å². The van der Waals surface area contributed by atoms with Gasteiger partial charge in [0.2, 0.25) is 5.78 Å². The largest absolute Gasteiger partial charge is 0.275 e. The van der Waals surface area contributed by atoms with Crippen molar-refractivity contribution in [2.45, 2.75) is 48.5 Å². The first-order valence-corrected chi connectivity index (χ1v) is 22.0. The van der Waals surface area contributed by atoms with Gasteiger partial charge in [-0.25, -0.2) is 9.97 Å². The van der Waals surface area contributed by atoms with Crippen molar-refractivity contribution in [2.24, 2.45) is 0 Å².